The van der Waals surface area contributed by atoms with Gasteiger partial charge in [0.25, 0.3) is 10.0 Å². The van der Waals surface area contributed by atoms with Crippen LogP contribution in [0.25, 0.3) is 27.7 Å². The Hall–Kier alpha value is -3.23. The standard InChI is InChI=1S/C23H20N4O3S/c1-26-13-16(12-25-26)21-14-27(31(28,29)18-5-3-2-4-6-18)23-20(21)9-15(11-24-23)19-10-17-7-8-22(19)30-17/h2-6,9-14,17,22H,7-8H2,1H3/t17-,22+/m0/s1. The van der Waals surface area contributed by atoms with Crippen LogP contribution in [0.2, 0.25) is 0 Å². The quantitative estimate of drug-likeness (QED) is 0.492. The van der Waals surface area contributed by atoms with Gasteiger partial charge in [0.15, 0.2) is 5.65 Å². The van der Waals surface area contributed by atoms with Gasteiger partial charge in [-0.2, -0.15) is 5.10 Å². The molecular weight excluding hydrogens is 412 g/mol. The van der Waals surface area contributed by atoms with Gasteiger partial charge in [-0.3, -0.25) is 4.68 Å². The number of aromatic nitrogens is 4. The van der Waals surface area contributed by atoms with Crippen molar-refractivity contribution in [1.82, 2.24) is 18.7 Å². The predicted molar refractivity (Wildman–Crippen MR) is 117 cm³/mol. The average molecular weight is 433 g/mol. The summed E-state index contributed by atoms with van der Waals surface area (Å²) < 4.78 is 35.8. The summed E-state index contributed by atoms with van der Waals surface area (Å²) in [5.41, 5.74) is 4.13. The van der Waals surface area contributed by atoms with Crippen molar-refractivity contribution in [3.63, 3.8) is 0 Å². The molecule has 2 atom stereocenters. The van der Waals surface area contributed by atoms with Crippen molar-refractivity contribution in [1.29, 1.82) is 0 Å². The second-order valence-electron chi connectivity index (χ2n) is 8.02. The molecule has 3 aromatic heterocycles. The molecule has 0 amide bonds. The molecule has 2 aliphatic heterocycles. The number of fused-ring (bicyclic) bond motifs is 3. The van der Waals surface area contributed by atoms with E-state index in [1.807, 2.05) is 19.3 Å². The lowest BCUT2D eigenvalue weighted by Crippen LogP contribution is -2.12. The topological polar surface area (TPSA) is 79.0 Å². The Morgan fingerprint density at radius 2 is 1.90 bits per heavy atom. The molecule has 7 nitrogen and oxygen atoms in total. The van der Waals surface area contributed by atoms with Crippen LogP contribution in [-0.2, 0) is 21.8 Å². The summed E-state index contributed by atoms with van der Waals surface area (Å²) in [7, 11) is -1.96. The van der Waals surface area contributed by atoms with Crippen LogP contribution in [0.15, 0.2) is 72.2 Å². The van der Waals surface area contributed by atoms with Crippen molar-refractivity contribution in [3.05, 3.63) is 72.8 Å². The van der Waals surface area contributed by atoms with Crippen LogP contribution in [0.1, 0.15) is 18.4 Å². The van der Waals surface area contributed by atoms with E-state index in [-0.39, 0.29) is 17.1 Å². The minimum Gasteiger partial charge on any atom is -0.366 e. The summed E-state index contributed by atoms with van der Waals surface area (Å²) in [6, 6.07) is 10.4. The van der Waals surface area contributed by atoms with Gasteiger partial charge < -0.3 is 4.74 Å². The maximum Gasteiger partial charge on any atom is 0.269 e. The minimum atomic E-state index is -3.80. The first kappa shape index (κ1) is 18.5. The van der Waals surface area contributed by atoms with E-state index in [1.54, 1.807) is 53.6 Å². The third-order valence-electron chi connectivity index (χ3n) is 6.03. The molecule has 1 saturated heterocycles. The highest BCUT2D eigenvalue weighted by Gasteiger charge is 2.35. The Bertz CT molecular complexity index is 1450. The van der Waals surface area contributed by atoms with E-state index in [1.165, 1.54) is 3.97 Å². The number of pyridine rings is 1. The Balaban J connectivity index is 1.58. The molecule has 0 spiro atoms. The van der Waals surface area contributed by atoms with E-state index >= 15 is 0 Å². The van der Waals surface area contributed by atoms with Crippen molar-refractivity contribution < 1.29 is 13.2 Å². The van der Waals surface area contributed by atoms with Crippen molar-refractivity contribution in [2.24, 2.45) is 7.05 Å². The SMILES string of the molecule is Cn1cc(-c2cn(S(=O)(=O)c3ccccc3)c3ncc(C4=C[C@@H]5CC[C@H]4O5)cc23)cn1. The van der Waals surface area contributed by atoms with Gasteiger partial charge in [-0.25, -0.2) is 17.4 Å². The largest absolute Gasteiger partial charge is 0.366 e. The molecule has 2 bridgehead atoms. The minimum absolute atomic E-state index is 0.0984. The molecule has 0 saturated carbocycles. The zero-order valence-corrected chi connectivity index (χ0v) is 17.7. The van der Waals surface area contributed by atoms with Gasteiger partial charge in [0.1, 0.15) is 0 Å². The molecule has 0 aliphatic carbocycles. The number of ether oxygens (including phenoxy) is 1. The zero-order valence-electron chi connectivity index (χ0n) is 16.8. The average Bonchev–Trinajstić information content (AvgIpc) is 3.57. The van der Waals surface area contributed by atoms with Gasteiger partial charge in [0.05, 0.1) is 23.3 Å². The second-order valence-corrected chi connectivity index (χ2v) is 9.83. The number of rotatable bonds is 4. The lowest BCUT2D eigenvalue weighted by atomic mass is 9.94. The van der Waals surface area contributed by atoms with E-state index < -0.39 is 10.0 Å². The maximum absolute atomic E-state index is 13.4. The van der Waals surface area contributed by atoms with Crippen LogP contribution >= 0.6 is 0 Å². The van der Waals surface area contributed by atoms with Gasteiger partial charge in [-0.15, -0.1) is 0 Å². The fraction of sp³-hybridized carbons (Fsp3) is 0.217. The highest BCUT2D eigenvalue weighted by molar-refractivity contribution is 7.90. The van der Waals surface area contributed by atoms with E-state index in [0.29, 0.717) is 5.65 Å². The third kappa shape index (κ3) is 2.86. The third-order valence-corrected chi connectivity index (χ3v) is 7.69. The Morgan fingerprint density at radius 3 is 2.58 bits per heavy atom. The first-order chi connectivity index (χ1) is 15.0. The number of hydrogen-bond donors (Lipinski definition) is 0. The van der Waals surface area contributed by atoms with Crippen LogP contribution < -0.4 is 0 Å². The summed E-state index contributed by atoms with van der Waals surface area (Å²) in [6.07, 6.45) is 11.5. The van der Waals surface area contributed by atoms with Crippen LogP contribution in [0, 0.1) is 0 Å². The van der Waals surface area contributed by atoms with Crippen molar-refractivity contribution >= 4 is 26.6 Å². The molecule has 31 heavy (non-hydrogen) atoms. The molecule has 8 heteroatoms. The summed E-state index contributed by atoms with van der Waals surface area (Å²) in [4.78, 5) is 4.84. The fourth-order valence-electron chi connectivity index (χ4n) is 4.52. The molecule has 1 aromatic carbocycles. The van der Waals surface area contributed by atoms with Gasteiger partial charge in [0.2, 0.25) is 0 Å². The van der Waals surface area contributed by atoms with Gasteiger partial charge in [-0.05, 0) is 48.3 Å². The van der Waals surface area contributed by atoms with Crippen LogP contribution in [0.4, 0.5) is 0 Å². The van der Waals surface area contributed by atoms with E-state index in [2.05, 4.69) is 16.2 Å². The van der Waals surface area contributed by atoms with Crippen molar-refractivity contribution in [2.45, 2.75) is 29.9 Å². The Kier molecular flexibility index (Phi) is 3.97. The van der Waals surface area contributed by atoms with E-state index in [9.17, 15) is 8.42 Å². The molecule has 156 valence electrons. The molecule has 0 N–H and O–H groups in total. The van der Waals surface area contributed by atoms with Gasteiger partial charge in [-0.1, -0.05) is 18.2 Å². The molecule has 6 rings (SSSR count). The van der Waals surface area contributed by atoms with Crippen LogP contribution in [0.5, 0.6) is 0 Å². The van der Waals surface area contributed by atoms with E-state index in [0.717, 1.165) is 40.5 Å². The molecule has 0 unspecified atom stereocenters. The highest BCUT2D eigenvalue weighted by Crippen LogP contribution is 2.40. The predicted octanol–water partition coefficient (Wildman–Crippen LogP) is 3.62. The monoisotopic (exact) mass is 432 g/mol. The molecule has 0 radical (unpaired) electrons. The number of hydrogen-bond acceptors (Lipinski definition) is 5. The van der Waals surface area contributed by atoms with Crippen LogP contribution in [-0.4, -0.2) is 39.4 Å². The lowest BCUT2D eigenvalue weighted by molar-refractivity contribution is 0.124. The fourth-order valence-corrected chi connectivity index (χ4v) is 5.87. The first-order valence-corrected chi connectivity index (χ1v) is 11.6. The molecule has 5 heterocycles. The summed E-state index contributed by atoms with van der Waals surface area (Å²) in [5.74, 6) is 0. The van der Waals surface area contributed by atoms with Gasteiger partial charge >= 0.3 is 0 Å². The molecule has 4 aromatic rings. The molecule has 1 fully saturated rings. The first-order valence-electron chi connectivity index (χ1n) is 10.2. The number of aryl methyl sites for hydroxylation is 1. The molecular formula is C23H20N4O3S. The Morgan fingerprint density at radius 1 is 1.06 bits per heavy atom. The highest BCUT2D eigenvalue weighted by atomic mass is 32.2. The number of nitrogens with zero attached hydrogens (tertiary/aromatic N) is 4. The second kappa shape index (κ2) is 6.63. The Labute approximate surface area is 179 Å². The zero-order chi connectivity index (χ0) is 21.2. The van der Waals surface area contributed by atoms with Crippen molar-refractivity contribution in [2.75, 3.05) is 0 Å². The summed E-state index contributed by atoms with van der Waals surface area (Å²) in [5, 5.41) is 5.04. The lowest BCUT2D eigenvalue weighted by Gasteiger charge is -2.12. The maximum atomic E-state index is 13.4. The summed E-state index contributed by atoms with van der Waals surface area (Å²) in [6.45, 7) is 0. The normalized spacial score (nSPS) is 20.5. The number of benzene rings is 1. The van der Waals surface area contributed by atoms with Crippen LogP contribution in [0.3, 0.4) is 0 Å². The smallest absolute Gasteiger partial charge is 0.269 e. The summed E-state index contributed by atoms with van der Waals surface area (Å²) >= 11 is 0. The molecule has 2 aliphatic rings. The van der Waals surface area contributed by atoms with Gasteiger partial charge in [0, 0.05) is 42.2 Å². The van der Waals surface area contributed by atoms with E-state index in [4.69, 9.17) is 4.74 Å². The van der Waals surface area contributed by atoms with Crippen molar-refractivity contribution in [3.8, 4) is 11.1 Å².